The Morgan fingerprint density at radius 3 is 2.71 bits per heavy atom. The molecule has 0 aliphatic rings. The van der Waals surface area contributed by atoms with Gasteiger partial charge in [-0.15, -0.1) is 0 Å². The number of nitrogens with one attached hydrogen (secondary N) is 1. The third-order valence-corrected chi connectivity index (χ3v) is 3.54. The Hall–Kier alpha value is -2.55. The standard InChI is InChI=1S/C18H18N2O/c1-21-16-8-6-14(7-9-16)12-19-11-10-15-13-20-18-5-3-2-4-17(15)18/h2-9,12-13,20H,10-11H2,1H3. The Labute approximate surface area is 124 Å². The van der Waals surface area contributed by atoms with E-state index >= 15 is 0 Å². The zero-order chi connectivity index (χ0) is 14.5. The number of fused-ring (bicyclic) bond motifs is 1. The van der Waals surface area contributed by atoms with Crippen LogP contribution in [-0.4, -0.2) is 24.9 Å². The molecule has 3 heteroatoms. The molecular weight excluding hydrogens is 260 g/mol. The van der Waals surface area contributed by atoms with Gasteiger partial charge in [0.05, 0.1) is 7.11 Å². The maximum atomic E-state index is 5.14. The van der Waals surface area contributed by atoms with E-state index in [1.807, 2.05) is 36.5 Å². The van der Waals surface area contributed by atoms with Crippen LogP contribution in [0, 0.1) is 0 Å². The third kappa shape index (κ3) is 3.14. The van der Waals surface area contributed by atoms with Crippen LogP contribution in [0.1, 0.15) is 11.1 Å². The Balaban J connectivity index is 1.61. The van der Waals surface area contributed by atoms with Crippen molar-refractivity contribution >= 4 is 17.1 Å². The van der Waals surface area contributed by atoms with E-state index in [4.69, 9.17) is 4.74 Å². The minimum absolute atomic E-state index is 0.786. The number of aromatic amines is 1. The minimum atomic E-state index is 0.786. The summed E-state index contributed by atoms with van der Waals surface area (Å²) in [4.78, 5) is 7.79. The molecule has 0 saturated carbocycles. The van der Waals surface area contributed by atoms with Crippen LogP contribution in [0.15, 0.2) is 59.7 Å². The maximum Gasteiger partial charge on any atom is 0.118 e. The number of nitrogens with zero attached hydrogens (tertiary/aromatic N) is 1. The van der Waals surface area contributed by atoms with Gasteiger partial charge in [-0.1, -0.05) is 18.2 Å². The number of hydrogen-bond donors (Lipinski definition) is 1. The average molecular weight is 278 g/mol. The van der Waals surface area contributed by atoms with E-state index in [1.165, 1.54) is 16.5 Å². The second-order valence-electron chi connectivity index (χ2n) is 4.92. The summed E-state index contributed by atoms with van der Waals surface area (Å²) < 4.78 is 5.14. The number of methoxy groups -OCH3 is 1. The predicted molar refractivity (Wildman–Crippen MR) is 87.5 cm³/mol. The van der Waals surface area contributed by atoms with Gasteiger partial charge in [0.2, 0.25) is 0 Å². The molecular formula is C18H18N2O. The topological polar surface area (TPSA) is 37.4 Å². The number of hydrogen-bond acceptors (Lipinski definition) is 2. The van der Waals surface area contributed by atoms with Crippen LogP contribution in [0.4, 0.5) is 0 Å². The fourth-order valence-corrected chi connectivity index (χ4v) is 2.38. The minimum Gasteiger partial charge on any atom is -0.497 e. The summed E-state index contributed by atoms with van der Waals surface area (Å²) in [6.07, 6.45) is 4.93. The second-order valence-corrected chi connectivity index (χ2v) is 4.92. The van der Waals surface area contributed by atoms with Crippen molar-refractivity contribution in [1.29, 1.82) is 0 Å². The van der Waals surface area contributed by atoms with Crippen molar-refractivity contribution in [3.8, 4) is 5.75 Å². The van der Waals surface area contributed by atoms with Gasteiger partial charge in [0.15, 0.2) is 0 Å². The number of aliphatic imine (C=N–C) groups is 1. The lowest BCUT2D eigenvalue weighted by molar-refractivity contribution is 0.415. The van der Waals surface area contributed by atoms with Gasteiger partial charge < -0.3 is 9.72 Å². The molecule has 0 aliphatic heterocycles. The van der Waals surface area contributed by atoms with Crippen molar-refractivity contribution in [2.24, 2.45) is 4.99 Å². The van der Waals surface area contributed by atoms with Crippen LogP contribution in [0.5, 0.6) is 5.75 Å². The molecule has 3 rings (SSSR count). The second kappa shape index (κ2) is 6.27. The van der Waals surface area contributed by atoms with Gasteiger partial charge in [-0.2, -0.15) is 0 Å². The zero-order valence-electron chi connectivity index (χ0n) is 12.0. The average Bonchev–Trinajstić information content (AvgIpc) is 2.95. The van der Waals surface area contributed by atoms with E-state index in [2.05, 4.69) is 34.4 Å². The first-order valence-corrected chi connectivity index (χ1v) is 7.06. The molecule has 106 valence electrons. The van der Waals surface area contributed by atoms with Crippen LogP contribution < -0.4 is 4.74 Å². The Kier molecular flexibility index (Phi) is 4.01. The van der Waals surface area contributed by atoms with Crippen LogP contribution in [0.3, 0.4) is 0 Å². The van der Waals surface area contributed by atoms with Gasteiger partial charge in [0.25, 0.3) is 0 Å². The van der Waals surface area contributed by atoms with Crippen molar-refractivity contribution in [3.05, 3.63) is 65.9 Å². The molecule has 1 N–H and O–H groups in total. The molecule has 2 aromatic carbocycles. The van der Waals surface area contributed by atoms with E-state index in [-0.39, 0.29) is 0 Å². The summed E-state index contributed by atoms with van der Waals surface area (Å²) in [5.41, 5.74) is 3.60. The summed E-state index contributed by atoms with van der Waals surface area (Å²) in [6, 6.07) is 16.3. The largest absolute Gasteiger partial charge is 0.497 e. The molecule has 0 fully saturated rings. The van der Waals surface area contributed by atoms with Crippen LogP contribution in [0.25, 0.3) is 10.9 Å². The number of H-pyrrole nitrogens is 1. The number of para-hydroxylation sites is 1. The van der Waals surface area contributed by atoms with Gasteiger partial charge in [-0.05, 0) is 47.9 Å². The van der Waals surface area contributed by atoms with Gasteiger partial charge in [0.1, 0.15) is 5.75 Å². The summed E-state index contributed by atoms with van der Waals surface area (Å²) in [5.74, 6) is 0.867. The van der Waals surface area contributed by atoms with Crippen LogP contribution in [-0.2, 0) is 6.42 Å². The Bertz CT molecular complexity index is 741. The number of benzene rings is 2. The summed E-state index contributed by atoms with van der Waals surface area (Å²) in [7, 11) is 1.67. The zero-order valence-corrected chi connectivity index (χ0v) is 12.0. The molecule has 0 radical (unpaired) electrons. The predicted octanol–water partition coefficient (Wildman–Crippen LogP) is 3.84. The monoisotopic (exact) mass is 278 g/mol. The quantitative estimate of drug-likeness (QED) is 0.707. The molecule has 0 unspecified atom stereocenters. The van der Waals surface area contributed by atoms with E-state index in [9.17, 15) is 0 Å². The van der Waals surface area contributed by atoms with Crippen LogP contribution in [0.2, 0.25) is 0 Å². The maximum absolute atomic E-state index is 5.14. The Morgan fingerprint density at radius 2 is 1.90 bits per heavy atom. The molecule has 0 aliphatic carbocycles. The molecule has 21 heavy (non-hydrogen) atoms. The normalized spacial score (nSPS) is 11.3. The SMILES string of the molecule is COc1ccc(C=NCCc2c[nH]c3ccccc23)cc1. The highest BCUT2D eigenvalue weighted by Crippen LogP contribution is 2.18. The molecule has 1 heterocycles. The molecule has 0 saturated heterocycles. The van der Waals surface area contributed by atoms with E-state index in [0.717, 1.165) is 24.3 Å². The summed E-state index contributed by atoms with van der Waals surface area (Å²) >= 11 is 0. The van der Waals surface area contributed by atoms with Crippen molar-refractivity contribution < 1.29 is 4.74 Å². The number of aromatic nitrogens is 1. The van der Waals surface area contributed by atoms with Gasteiger partial charge >= 0.3 is 0 Å². The fraction of sp³-hybridized carbons (Fsp3) is 0.167. The first-order chi connectivity index (χ1) is 10.4. The van der Waals surface area contributed by atoms with Gasteiger partial charge in [-0.3, -0.25) is 4.99 Å². The van der Waals surface area contributed by atoms with Crippen molar-refractivity contribution in [2.45, 2.75) is 6.42 Å². The lowest BCUT2D eigenvalue weighted by atomic mass is 10.1. The van der Waals surface area contributed by atoms with E-state index < -0.39 is 0 Å². The molecule has 3 nitrogen and oxygen atoms in total. The fourth-order valence-electron chi connectivity index (χ4n) is 2.38. The highest BCUT2D eigenvalue weighted by molar-refractivity contribution is 5.83. The molecule has 0 amide bonds. The van der Waals surface area contributed by atoms with Crippen LogP contribution >= 0.6 is 0 Å². The van der Waals surface area contributed by atoms with Gasteiger partial charge in [0, 0.05) is 29.9 Å². The first kappa shape index (κ1) is 13.4. The highest BCUT2D eigenvalue weighted by atomic mass is 16.5. The molecule has 1 aromatic heterocycles. The van der Waals surface area contributed by atoms with E-state index in [1.54, 1.807) is 7.11 Å². The molecule has 3 aromatic rings. The Morgan fingerprint density at radius 1 is 1.10 bits per heavy atom. The smallest absolute Gasteiger partial charge is 0.118 e. The molecule has 0 spiro atoms. The summed E-state index contributed by atoms with van der Waals surface area (Å²) in [6.45, 7) is 0.786. The molecule has 0 bridgehead atoms. The lowest BCUT2D eigenvalue weighted by Gasteiger charge is -1.99. The van der Waals surface area contributed by atoms with Crippen molar-refractivity contribution in [2.75, 3.05) is 13.7 Å². The van der Waals surface area contributed by atoms with E-state index in [0.29, 0.717) is 0 Å². The third-order valence-electron chi connectivity index (χ3n) is 3.54. The summed E-state index contributed by atoms with van der Waals surface area (Å²) in [5, 5.41) is 1.29. The molecule has 0 atom stereocenters. The van der Waals surface area contributed by atoms with Crippen molar-refractivity contribution in [1.82, 2.24) is 4.98 Å². The van der Waals surface area contributed by atoms with Gasteiger partial charge in [-0.25, -0.2) is 0 Å². The first-order valence-electron chi connectivity index (χ1n) is 7.06. The number of ether oxygens (including phenoxy) is 1. The highest BCUT2D eigenvalue weighted by Gasteiger charge is 2.01. The lowest BCUT2D eigenvalue weighted by Crippen LogP contribution is -1.90. The number of rotatable bonds is 5. The van der Waals surface area contributed by atoms with Crippen molar-refractivity contribution in [3.63, 3.8) is 0 Å².